The van der Waals surface area contributed by atoms with Crippen LogP contribution in [0.1, 0.15) is 17.1 Å². The van der Waals surface area contributed by atoms with Crippen LogP contribution in [0.15, 0.2) is 84.1 Å². The van der Waals surface area contributed by atoms with Gasteiger partial charge in [0.2, 0.25) is 5.82 Å². The Morgan fingerprint density at radius 2 is 1.95 bits per heavy atom. The predicted molar refractivity (Wildman–Crippen MR) is 138 cm³/mol. The van der Waals surface area contributed by atoms with Gasteiger partial charge < -0.3 is 19.1 Å². The highest BCUT2D eigenvalue weighted by Crippen LogP contribution is 2.29. The molecule has 1 aliphatic heterocycles. The van der Waals surface area contributed by atoms with Gasteiger partial charge in [0.1, 0.15) is 11.4 Å². The smallest absolute Gasteiger partial charge is 0.258 e. The summed E-state index contributed by atoms with van der Waals surface area (Å²) in [7, 11) is 1.66. The average molecular weight is 493 g/mol. The summed E-state index contributed by atoms with van der Waals surface area (Å²) in [6, 6.07) is 14.0. The number of benzene rings is 2. The zero-order valence-corrected chi connectivity index (χ0v) is 20.4. The second kappa shape index (κ2) is 9.57. The number of hydrogen-bond donors (Lipinski definition) is 1. The molecule has 0 atom stereocenters. The molecule has 5 aromatic rings. The van der Waals surface area contributed by atoms with Gasteiger partial charge >= 0.3 is 0 Å². The van der Waals surface area contributed by atoms with Crippen molar-refractivity contribution >= 4 is 5.57 Å². The quantitative estimate of drug-likeness (QED) is 0.363. The number of allylic oxidation sites excluding steroid dienone is 2. The Kier molecular flexibility index (Phi) is 5.81. The first kappa shape index (κ1) is 22.5. The summed E-state index contributed by atoms with van der Waals surface area (Å²) in [6.07, 6.45) is 11.5. The molecular formula is C27H24N8O2. The van der Waals surface area contributed by atoms with Crippen LogP contribution < -0.4 is 10.1 Å². The molecule has 1 N–H and O–H groups in total. The first-order valence-electron chi connectivity index (χ1n) is 11.8. The minimum Gasteiger partial charge on any atom is -0.495 e. The zero-order valence-electron chi connectivity index (χ0n) is 20.4. The number of aromatic nitrogens is 7. The van der Waals surface area contributed by atoms with Crippen molar-refractivity contribution in [2.24, 2.45) is 0 Å². The lowest BCUT2D eigenvalue weighted by molar-refractivity contribution is 0.409. The number of aryl methyl sites for hydroxylation is 1. The van der Waals surface area contributed by atoms with Crippen LogP contribution in [0.4, 0.5) is 0 Å². The molecule has 0 fully saturated rings. The van der Waals surface area contributed by atoms with Crippen LogP contribution in [0.2, 0.25) is 0 Å². The summed E-state index contributed by atoms with van der Waals surface area (Å²) in [4.78, 5) is 8.83. The fourth-order valence-corrected chi connectivity index (χ4v) is 4.13. The Bertz CT molecular complexity index is 1610. The first-order valence-corrected chi connectivity index (χ1v) is 11.8. The lowest BCUT2D eigenvalue weighted by Crippen LogP contribution is -2.08. The maximum Gasteiger partial charge on any atom is 0.258 e. The fourth-order valence-electron chi connectivity index (χ4n) is 4.13. The van der Waals surface area contributed by atoms with Gasteiger partial charge in [-0.05, 0) is 36.9 Å². The third-order valence-corrected chi connectivity index (χ3v) is 6.05. The Hall–Kier alpha value is -4.99. The Labute approximate surface area is 212 Å². The van der Waals surface area contributed by atoms with E-state index in [9.17, 15) is 0 Å². The van der Waals surface area contributed by atoms with Crippen LogP contribution in [0.25, 0.3) is 33.9 Å². The van der Waals surface area contributed by atoms with Gasteiger partial charge in [-0.2, -0.15) is 4.98 Å². The number of imidazole rings is 1. The summed E-state index contributed by atoms with van der Waals surface area (Å²) in [5, 5.41) is 15.9. The van der Waals surface area contributed by atoms with Crippen LogP contribution in [-0.2, 0) is 6.54 Å². The molecule has 0 aliphatic carbocycles. The molecule has 4 heterocycles. The number of methoxy groups -OCH3 is 1. The van der Waals surface area contributed by atoms with E-state index in [1.807, 2.05) is 89.4 Å². The van der Waals surface area contributed by atoms with Crippen LogP contribution >= 0.6 is 0 Å². The highest BCUT2D eigenvalue weighted by molar-refractivity contribution is 5.70. The van der Waals surface area contributed by atoms with Gasteiger partial charge in [-0.1, -0.05) is 46.8 Å². The first-order chi connectivity index (χ1) is 18.2. The second-order valence-electron chi connectivity index (χ2n) is 8.63. The zero-order chi connectivity index (χ0) is 25.2. The molecule has 0 saturated heterocycles. The van der Waals surface area contributed by atoms with Crippen molar-refractivity contribution in [2.45, 2.75) is 13.5 Å². The number of hydrogen-bond acceptors (Lipinski definition) is 8. The highest BCUT2D eigenvalue weighted by atomic mass is 16.5. The Balaban J connectivity index is 1.16. The minimum absolute atomic E-state index is 0.511. The minimum atomic E-state index is 0.511. The lowest BCUT2D eigenvalue weighted by atomic mass is 10.1. The molecule has 3 aromatic heterocycles. The molecular weight excluding hydrogens is 468 g/mol. The molecule has 1 aliphatic rings. The maximum absolute atomic E-state index is 5.63. The van der Waals surface area contributed by atoms with Gasteiger partial charge in [0.15, 0.2) is 0 Å². The van der Waals surface area contributed by atoms with Gasteiger partial charge in [0.05, 0.1) is 37.6 Å². The largest absolute Gasteiger partial charge is 0.495 e. The second-order valence-corrected chi connectivity index (χ2v) is 8.63. The van der Waals surface area contributed by atoms with Crippen molar-refractivity contribution < 1.29 is 9.26 Å². The monoisotopic (exact) mass is 492 g/mol. The normalized spacial score (nSPS) is 12.9. The van der Waals surface area contributed by atoms with Gasteiger partial charge in [0, 0.05) is 29.4 Å². The summed E-state index contributed by atoms with van der Waals surface area (Å²) >= 11 is 0. The lowest BCUT2D eigenvalue weighted by Gasteiger charge is -2.10. The van der Waals surface area contributed by atoms with E-state index in [4.69, 9.17) is 9.26 Å². The van der Waals surface area contributed by atoms with Crippen molar-refractivity contribution in [3.63, 3.8) is 0 Å². The van der Waals surface area contributed by atoms with Crippen molar-refractivity contribution in [2.75, 3.05) is 13.7 Å². The molecule has 0 saturated carbocycles. The summed E-state index contributed by atoms with van der Waals surface area (Å²) in [5.41, 5.74) is 6.43. The molecule has 0 amide bonds. The fraction of sp³-hybridized carbons (Fsp3) is 0.148. The molecule has 10 heteroatoms. The predicted octanol–water partition coefficient (Wildman–Crippen LogP) is 4.05. The number of ether oxygens (including phenoxy) is 1. The average Bonchev–Trinajstić information content (AvgIpc) is 3.71. The SMILES string of the molecule is COc1cc(-c2cn(Cc3ccc(-c4noc(C5=CCNC=C5)n4)cc3)nn2)ccc1-n1cnc(C)c1. The van der Waals surface area contributed by atoms with E-state index < -0.39 is 0 Å². The molecule has 6 rings (SSSR count). The maximum atomic E-state index is 5.63. The Morgan fingerprint density at radius 1 is 1.08 bits per heavy atom. The third-order valence-electron chi connectivity index (χ3n) is 6.05. The number of nitrogens with zero attached hydrogens (tertiary/aromatic N) is 7. The number of nitrogens with one attached hydrogen (secondary N) is 1. The van der Waals surface area contributed by atoms with Crippen molar-refractivity contribution in [3.8, 4) is 34.1 Å². The van der Waals surface area contributed by atoms with E-state index in [1.54, 1.807) is 13.4 Å². The van der Waals surface area contributed by atoms with Gasteiger partial charge in [-0.15, -0.1) is 5.10 Å². The van der Waals surface area contributed by atoms with E-state index >= 15 is 0 Å². The standard InChI is InChI=1S/C27H24N8O2/c1-18-14-34(17-29-18)24-8-7-22(13-25(24)36-2)23-16-35(33-31-23)15-19-3-5-20(6-4-19)26-30-27(37-32-26)21-9-11-28-12-10-21/h3-11,13-14,16-17,28H,12,15H2,1-2H3. The van der Waals surface area contributed by atoms with Crippen LogP contribution in [0.3, 0.4) is 0 Å². The molecule has 0 spiro atoms. The van der Waals surface area contributed by atoms with Crippen molar-refractivity contribution in [1.29, 1.82) is 0 Å². The number of rotatable bonds is 7. The van der Waals surface area contributed by atoms with E-state index in [-0.39, 0.29) is 0 Å². The highest BCUT2D eigenvalue weighted by Gasteiger charge is 2.13. The summed E-state index contributed by atoms with van der Waals surface area (Å²) in [5.74, 6) is 1.80. The van der Waals surface area contributed by atoms with Crippen molar-refractivity contribution in [1.82, 2.24) is 40.0 Å². The molecule has 10 nitrogen and oxygen atoms in total. The van der Waals surface area contributed by atoms with Crippen LogP contribution in [-0.4, -0.2) is 48.3 Å². The van der Waals surface area contributed by atoms with E-state index in [0.717, 1.165) is 51.6 Å². The van der Waals surface area contributed by atoms with Crippen LogP contribution in [0, 0.1) is 6.92 Å². The summed E-state index contributed by atoms with van der Waals surface area (Å²) in [6.45, 7) is 3.28. The molecule has 37 heavy (non-hydrogen) atoms. The molecule has 2 aromatic carbocycles. The summed E-state index contributed by atoms with van der Waals surface area (Å²) < 4.78 is 14.8. The molecule has 0 unspecified atom stereocenters. The van der Waals surface area contributed by atoms with Gasteiger partial charge in [-0.3, -0.25) is 0 Å². The topological polar surface area (TPSA) is 109 Å². The van der Waals surface area contributed by atoms with Crippen LogP contribution in [0.5, 0.6) is 5.75 Å². The van der Waals surface area contributed by atoms with Crippen molar-refractivity contribution in [3.05, 3.63) is 96.7 Å². The Morgan fingerprint density at radius 3 is 2.70 bits per heavy atom. The molecule has 0 radical (unpaired) electrons. The van der Waals surface area contributed by atoms with E-state index in [1.165, 1.54) is 0 Å². The number of dihydropyridines is 1. The van der Waals surface area contributed by atoms with Gasteiger partial charge in [-0.25, -0.2) is 9.67 Å². The van der Waals surface area contributed by atoms with E-state index in [0.29, 0.717) is 18.3 Å². The molecule has 184 valence electrons. The molecule has 0 bridgehead atoms. The van der Waals surface area contributed by atoms with E-state index in [2.05, 4.69) is 30.8 Å². The third kappa shape index (κ3) is 4.64. The van der Waals surface area contributed by atoms with Gasteiger partial charge in [0.25, 0.3) is 5.89 Å².